The van der Waals surface area contributed by atoms with E-state index >= 15 is 0 Å². The summed E-state index contributed by atoms with van der Waals surface area (Å²) in [5, 5.41) is 0. The summed E-state index contributed by atoms with van der Waals surface area (Å²) in [6, 6.07) is 3.88. The minimum atomic E-state index is -4.49. The van der Waals surface area contributed by atoms with Gasteiger partial charge in [0.15, 0.2) is 0 Å². The molecule has 1 aromatic carbocycles. The van der Waals surface area contributed by atoms with Gasteiger partial charge < -0.3 is 4.74 Å². The van der Waals surface area contributed by atoms with Crippen molar-refractivity contribution in [1.82, 2.24) is 4.31 Å². The molecule has 0 aromatic heterocycles. The molecule has 0 fully saturated rings. The molecule has 0 saturated carbocycles. The largest absolute Gasteiger partial charge is 0.443 e. The molecule has 1 amide bonds. The van der Waals surface area contributed by atoms with Gasteiger partial charge in [0.1, 0.15) is 5.60 Å². The van der Waals surface area contributed by atoms with Crippen molar-refractivity contribution in [2.24, 2.45) is 0 Å². The quantitative estimate of drug-likeness (QED) is 0.835. The van der Waals surface area contributed by atoms with Crippen LogP contribution in [0.5, 0.6) is 0 Å². The van der Waals surface area contributed by atoms with Crippen molar-refractivity contribution in [1.29, 1.82) is 0 Å². The number of sulfonamides is 1. The topological polar surface area (TPSA) is 63.7 Å². The maximum absolute atomic E-state index is 12.5. The molecule has 0 aliphatic heterocycles. The van der Waals surface area contributed by atoms with E-state index in [1.54, 1.807) is 20.8 Å². The number of carbonyl (C=O) groups is 1. The van der Waals surface area contributed by atoms with E-state index in [1.807, 2.05) is 0 Å². The average Bonchev–Trinajstić information content (AvgIpc) is 2.31. The van der Waals surface area contributed by atoms with Gasteiger partial charge in [-0.15, -0.1) is 0 Å². The molecular weight excluding hydrogens is 335 g/mol. The van der Waals surface area contributed by atoms with E-state index in [9.17, 15) is 26.4 Å². The zero-order valence-electron chi connectivity index (χ0n) is 13.1. The van der Waals surface area contributed by atoms with Gasteiger partial charge in [0.05, 0.1) is 18.4 Å². The van der Waals surface area contributed by atoms with Crippen LogP contribution in [0, 0.1) is 0 Å². The van der Waals surface area contributed by atoms with Crippen molar-refractivity contribution < 1.29 is 31.1 Å². The van der Waals surface area contributed by atoms with Crippen LogP contribution in [0.2, 0.25) is 0 Å². The molecular formula is C14H18F3NO4S. The number of carbonyl (C=O) groups excluding carboxylic acids is 1. The first-order valence-corrected chi connectivity index (χ1v) is 8.42. The number of ether oxygens (including phenoxy) is 1. The van der Waals surface area contributed by atoms with Crippen LogP contribution in [0.15, 0.2) is 24.3 Å². The van der Waals surface area contributed by atoms with Crippen LogP contribution in [-0.4, -0.2) is 30.7 Å². The Labute approximate surface area is 133 Å². The summed E-state index contributed by atoms with van der Waals surface area (Å²) in [6.07, 6.45) is -4.75. The number of rotatable bonds is 3. The Balaban J connectivity index is 3.02. The summed E-state index contributed by atoms with van der Waals surface area (Å²) in [4.78, 5) is 12.0. The Morgan fingerprint density at radius 3 is 1.96 bits per heavy atom. The minimum absolute atomic E-state index is 0.231. The Kier molecular flexibility index (Phi) is 5.35. The number of alkyl halides is 3. The maximum Gasteiger partial charge on any atom is 0.424 e. The SMILES string of the molecule is CC(C)(C)OC(=O)N(Cc1ccc(C(F)(F)F)cc1)S(C)(=O)=O. The third kappa shape index (κ3) is 6.09. The van der Waals surface area contributed by atoms with E-state index < -0.39 is 40.0 Å². The molecule has 0 aliphatic rings. The lowest BCUT2D eigenvalue weighted by Crippen LogP contribution is -2.39. The molecule has 130 valence electrons. The van der Waals surface area contributed by atoms with E-state index in [1.165, 1.54) is 0 Å². The van der Waals surface area contributed by atoms with Gasteiger partial charge in [-0.05, 0) is 38.5 Å². The molecule has 0 bridgehead atoms. The van der Waals surface area contributed by atoms with Crippen LogP contribution in [0.3, 0.4) is 0 Å². The molecule has 0 heterocycles. The standard InChI is InChI=1S/C14H18F3NO4S/c1-13(2,3)22-12(19)18(23(4,20)21)9-10-5-7-11(8-6-10)14(15,16)17/h5-8H,9H2,1-4H3. The minimum Gasteiger partial charge on any atom is -0.443 e. The fraction of sp³-hybridized carbons (Fsp3) is 0.500. The number of nitrogens with zero attached hydrogens (tertiary/aromatic N) is 1. The lowest BCUT2D eigenvalue weighted by atomic mass is 10.1. The van der Waals surface area contributed by atoms with Gasteiger partial charge in [0.25, 0.3) is 0 Å². The predicted octanol–water partition coefficient (Wildman–Crippen LogP) is 3.40. The number of amides is 1. The highest BCUT2D eigenvalue weighted by molar-refractivity contribution is 7.88. The van der Waals surface area contributed by atoms with Crippen molar-refractivity contribution in [2.75, 3.05) is 6.26 Å². The Hall–Kier alpha value is -1.77. The van der Waals surface area contributed by atoms with Gasteiger partial charge in [0.2, 0.25) is 10.0 Å². The van der Waals surface area contributed by atoms with Crippen molar-refractivity contribution in [3.63, 3.8) is 0 Å². The Morgan fingerprint density at radius 1 is 1.13 bits per heavy atom. The third-order valence-electron chi connectivity index (χ3n) is 2.60. The van der Waals surface area contributed by atoms with E-state index in [-0.39, 0.29) is 5.56 Å². The fourth-order valence-electron chi connectivity index (χ4n) is 1.59. The summed E-state index contributed by atoms with van der Waals surface area (Å²) in [6.45, 7) is 4.31. The Morgan fingerprint density at radius 2 is 1.61 bits per heavy atom. The molecule has 1 aromatic rings. The average molecular weight is 353 g/mol. The van der Waals surface area contributed by atoms with Crippen molar-refractivity contribution in [3.8, 4) is 0 Å². The van der Waals surface area contributed by atoms with Gasteiger partial charge in [-0.25, -0.2) is 17.5 Å². The van der Waals surface area contributed by atoms with Gasteiger partial charge in [-0.2, -0.15) is 13.2 Å². The smallest absolute Gasteiger partial charge is 0.424 e. The normalized spacial score (nSPS) is 12.8. The van der Waals surface area contributed by atoms with E-state index in [4.69, 9.17) is 4.74 Å². The summed E-state index contributed by atoms with van der Waals surface area (Å²) in [5.41, 5.74) is -1.53. The van der Waals surface area contributed by atoms with E-state index in [2.05, 4.69) is 0 Å². The highest BCUT2D eigenvalue weighted by Crippen LogP contribution is 2.29. The maximum atomic E-state index is 12.5. The lowest BCUT2D eigenvalue weighted by molar-refractivity contribution is -0.137. The van der Waals surface area contributed by atoms with Crippen molar-refractivity contribution in [3.05, 3.63) is 35.4 Å². The highest BCUT2D eigenvalue weighted by Gasteiger charge is 2.31. The van der Waals surface area contributed by atoms with Crippen LogP contribution in [0.25, 0.3) is 0 Å². The van der Waals surface area contributed by atoms with Crippen LogP contribution in [0.4, 0.5) is 18.0 Å². The molecule has 9 heteroatoms. The molecule has 0 radical (unpaired) electrons. The first-order valence-electron chi connectivity index (χ1n) is 6.57. The molecule has 0 saturated heterocycles. The fourth-order valence-corrected chi connectivity index (χ4v) is 2.29. The van der Waals surface area contributed by atoms with Gasteiger partial charge >= 0.3 is 12.3 Å². The predicted molar refractivity (Wildman–Crippen MR) is 78.1 cm³/mol. The molecule has 0 N–H and O–H groups in total. The molecule has 0 spiro atoms. The summed E-state index contributed by atoms with van der Waals surface area (Å²) in [5.74, 6) is 0. The second kappa shape index (κ2) is 6.38. The lowest BCUT2D eigenvalue weighted by Gasteiger charge is -2.26. The second-order valence-electron chi connectivity index (χ2n) is 5.94. The third-order valence-corrected chi connectivity index (χ3v) is 3.68. The summed E-state index contributed by atoms with van der Waals surface area (Å²) < 4.78 is 66.5. The van der Waals surface area contributed by atoms with Crippen LogP contribution in [0.1, 0.15) is 31.9 Å². The van der Waals surface area contributed by atoms with Gasteiger partial charge in [-0.1, -0.05) is 12.1 Å². The van der Waals surface area contributed by atoms with Crippen LogP contribution >= 0.6 is 0 Å². The van der Waals surface area contributed by atoms with Crippen molar-refractivity contribution >= 4 is 16.1 Å². The van der Waals surface area contributed by atoms with Gasteiger partial charge in [-0.3, -0.25) is 0 Å². The summed E-state index contributed by atoms with van der Waals surface area (Å²) in [7, 11) is -3.94. The monoisotopic (exact) mass is 353 g/mol. The number of hydrogen-bond acceptors (Lipinski definition) is 4. The molecule has 1 rings (SSSR count). The van der Waals surface area contributed by atoms with Crippen molar-refractivity contribution in [2.45, 2.75) is 39.1 Å². The second-order valence-corrected chi connectivity index (χ2v) is 7.85. The number of benzene rings is 1. The molecule has 0 atom stereocenters. The molecule has 5 nitrogen and oxygen atoms in total. The summed E-state index contributed by atoms with van der Waals surface area (Å²) >= 11 is 0. The number of halogens is 3. The highest BCUT2D eigenvalue weighted by atomic mass is 32.2. The van der Waals surface area contributed by atoms with E-state index in [0.717, 1.165) is 30.5 Å². The number of hydrogen-bond donors (Lipinski definition) is 0. The Bertz CT molecular complexity index is 661. The zero-order chi connectivity index (χ0) is 18.1. The van der Waals surface area contributed by atoms with Crippen LogP contribution in [-0.2, 0) is 27.5 Å². The van der Waals surface area contributed by atoms with E-state index in [0.29, 0.717) is 4.31 Å². The first kappa shape index (κ1) is 19.3. The van der Waals surface area contributed by atoms with Gasteiger partial charge in [0, 0.05) is 0 Å². The molecule has 0 aliphatic carbocycles. The molecule has 0 unspecified atom stereocenters. The zero-order valence-corrected chi connectivity index (χ0v) is 14.0. The van der Waals surface area contributed by atoms with Crippen LogP contribution < -0.4 is 0 Å². The first-order chi connectivity index (χ1) is 10.2. The molecule has 23 heavy (non-hydrogen) atoms.